The zero-order valence-electron chi connectivity index (χ0n) is 9.74. The van der Waals surface area contributed by atoms with E-state index in [-0.39, 0.29) is 12.5 Å². The summed E-state index contributed by atoms with van der Waals surface area (Å²) in [7, 11) is 0. The fraction of sp³-hybridized carbons (Fsp3) is 0.917. The van der Waals surface area contributed by atoms with Gasteiger partial charge in [-0.05, 0) is 31.6 Å². The Hall–Kier alpha value is -0.570. The van der Waals surface area contributed by atoms with Crippen molar-refractivity contribution < 1.29 is 9.90 Å². The molecule has 1 aliphatic rings. The van der Waals surface area contributed by atoms with E-state index in [1.165, 1.54) is 12.8 Å². The van der Waals surface area contributed by atoms with Crippen LogP contribution in [0.5, 0.6) is 0 Å². The summed E-state index contributed by atoms with van der Waals surface area (Å²) in [5.41, 5.74) is 0. The minimum atomic E-state index is 0.199. The lowest BCUT2D eigenvalue weighted by atomic mass is 9.95. The predicted molar refractivity (Wildman–Crippen MR) is 60.5 cm³/mol. The summed E-state index contributed by atoms with van der Waals surface area (Å²) in [5, 5.41) is 8.64. The van der Waals surface area contributed by atoms with Gasteiger partial charge in [0.1, 0.15) is 0 Å². The van der Waals surface area contributed by atoms with Crippen LogP contribution in [0.15, 0.2) is 0 Å². The van der Waals surface area contributed by atoms with Crippen molar-refractivity contribution in [3.63, 3.8) is 0 Å². The molecule has 0 radical (unpaired) electrons. The number of piperidine rings is 1. The van der Waals surface area contributed by atoms with Crippen LogP contribution in [-0.2, 0) is 4.79 Å². The second-order valence-corrected chi connectivity index (χ2v) is 4.44. The Balaban J connectivity index is 2.25. The molecule has 1 atom stereocenters. The number of rotatable bonds is 5. The number of amides is 1. The van der Waals surface area contributed by atoms with Gasteiger partial charge < -0.3 is 10.0 Å². The SMILES string of the molecule is CCC1CCCN(C(=O)CCCCO)C1. The molecule has 0 bridgehead atoms. The summed E-state index contributed by atoms with van der Waals surface area (Å²) in [6.45, 7) is 4.29. The first-order valence-corrected chi connectivity index (χ1v) is 6.16. The molecule has 0 spiro atoms. The summed E-state index contributed by atoms with van der Waals surface area (Å²) in [5.74, 6) is 0.988. The second kappa shape index (κ2) is 6.83. The van der Waals surface area contributed by atoms with Gasteiger partial charge in [0, 0.05) is 26.1 Å². The molecule has 1 fully saturated rings. The Bertz CT molecular complexity index is 194. The van der Waals surface area contributed by atoms with E-state index in [0.29, 0.717) is 12.3 Å². The van der Waals surface area contributed by atoms with E-state index in [9.17, 15) is 4.79 Å². The van der Waals surface area contributed by atoms with E-state index in [1.54, 1.807) is 0 Å². The van der Waals surface area contributed by atoms with Crippen LogP contribution in [0, 0.1) is 5.92 Å². The number of carbonyl (C=O) groups is 1. The molecule has 1 saturated heterocycles. The van der Waals surface area contributed by atoms with E-state index in [2.05, 4.69) is 6.92 Å². The third kappa shape index (κ3) is 4.20. The van der Waals surface area contributed by atoms with Crippen molar-refractivity contribution >= 4 is 5.91 Å². The molecule has 3 nitrogen and oxygen atoms in total. The monoisotopic (exact) mass is 213 g/mol. The number of carbonyl (C=O) groups excluding carboxylic acids is 1. The molecule has 1 amide bonds. The van der Waals surface area contributed by atoms with E-state index >= 15 is 0 Å². The Morgan fingerprint density at radius 2 is 2.27 bits per heavy atom. The highest BCUT2D eigenvalue weighted by Gasteiger charge is 2.21. The number of likely N-dealkylation sites (tertiary alicyclic amines) is 1. The highest BCUT2D eigenvalue weighted by molar-refractivity contribution is 5.76. The topological polar surface area (TPSA) is 40.5 Å². The number of hydrogen-bond acceptors (Lipinski definition) is 2. The van der Waals surface area contributed by atoms with E-state index in [1.807, 2.05) is 4.90 Å². The summed E-state index contributed by atoms with van der Waals surface area (Å²) in [6.07, 6.45) is 5.79. The molecule has 88 valence electrons. The number of nitrogens with zero attached hydrogens (tertiary/aromatic N) is 1. The zero-order valence-corrected chi connectivity index (χ0v) is 9.74. The normalized spacial score (nSPS) is 21.7. The highest BCUT2D eigenvalue weighted by atomic mass is 16.3. The smallest absolute Gasteiger partial charge is 0.222 e. The van der Waals surface area contributed by atoms with Crippen molar-refractivity contribution in [2.75, 3.05) is 19.7 Å². The molecule has 1 aliphatic heterocycles. The van der Waals surface area contributed by atoms with Crippen molar-refractivity contribution in [3.05, 3.63) is 0 Å². The maximum absolute atomic E-state index is 11.8. The second-order valence-electron chi connectivity index (χ2n) is 4.44. The van der Waals surface area contributed by atoms with Crippen molar-refractivity contribution in [3.8, 4) is 0 Å². The fourth-order valence-corrected chi connectivity index (χ4v) is 2.17. The number of aliphatic hydroxyl groups is 1. The first-order chi connectivity index (χ1) is 7.27. The Kier molecular flexibility index (Phi) is 5.69. The molecule has 1 rings (SSSR count). The van der Waals surface area contributed by atoms with Gasteiger partial charge in [-0.1, -0.05) is 13.3 Å². The van der Waals surface area contributed by atoms with Crippen molar-refractivity contribution in [2.24, 2.45) is 5.92 Å². The summed E-state index contributed by atoms with van der Waals surface area (Å²) >= 11 is 0. The van der Waals surface area contributed by atoms with Crippen LogP contribution >= 0.6 is 0 Å². The average molecular weight is 213 g/mol. The Labute approximate surface area is 92.5 Å². The van der Waals surface area contributed by atoms with Gasteiger partial charge in [0.2, 0.25) is 5.91 Å². The molecule has 0 saturated carbocycles. The van der Waals surface area contributed by atoms with E-state index in [0.717, 1.165) is 32.4 Å². The third-order valence-electron chi connectivity index (χ3n) is 3.25. The maximum Gasteiger partial charge on any atom is 0.222 e. The molecule has 1 unspecified atom stereocenters. The molecule has 0 aromatic heterocycles. The average Bonchev–Trinajstić information content (AvgIpc) is 2.29. The standard InChI is InChI=1S/C12H23NO2/c1-2-11-6-5-8-13(10-11)12(15)7-3-4-9-14/h11,14H,2-10H2,1H3. The van der Waals surface area contributed by atoms with Crippen molar-refractivity contribution in [2.45, 2.75) is 45.4 Å². The fourth-order valence-electron chi connectivity index (χ4n) is 2.17. The largest absolute Gasteiger partial charge is 0.396 e. The molecular formula is C12H23NO2. The summed E-state index contributed by atoms with van der Waals surface area (Å²) < 4.78 is 0. The first-order valence-electron chi connectivity index (χ1n) is 6.16. The minimum absolute atomic E-state index is 0.199. The van der Waals surface area contributed by atoms with Crippen LogP contribution in [0.1, 0.15) is 45.4 Å². The van der Waals surface area contributed by atoms with Crippen LogP contribution in [0.3, 0.4) is 0 Å². The lowest BCUT2D eigenvalue weighted by Crippen LogP contribution is -2.39. The lowest BCUT2D eigenvalue weighted by Gasteiger charge is -2.32. The lowest BCUT2D eigenvalue weighted by molar-refractivity contribution is -0.133. The van der Waals surface area contributed by atoms with Crippen LogP contribution in [0.4, 0.5) is 0 Å². The molecule has 0 aliphatic carbocycles. The molecule has 0 aromatic carbocycles. The summed E-state index contributed by atoms with van der Waals surface area (Å²) in [4.78, 5) is 13.8. The summed E-state index contributed by atoms with van der Waals surface area (Å²) in [6, 6.07) is 0. The van der Waals surface area contributed by atoms with Gasteiger partial charge >= 0.3 is 0 Å². The molecule has 1 heterocycles. The number of aliphatic hydroxyl groups excluding tert-OH is 1. The van der Waals surface area contributed by atoms with Gasteiger partial charge in [0.25, 0.3) is 0 Å². The van der Waals surface area contributed by atoms with Gasteiger partial charge in [-0.3, -0.25) is 4.79 Å². The van der Waals surface area contributed by atoms with Gasteiger partial charge in [-0.15, -0.1) is 0 Å². The molecular weight excluding hydrogens is 190 g/mol. The quantitative estimate of drug-likeness (QED) is 0.707. The van der Waals surface area contributed by atoms with Crippen LogP contribution in [-0.4, -0.2) is 35.6 Å². The zero-order chi connectivity index (χ0) is 11.1. The van der Waals surface area contributed by atoms with E-state index < -0.39 is 0 Å². The molecule has 1 N–H and O–H groups in total. The van der Waals surface area contributed by atoms with Crippen LogP contribution in [0.25, 0.3) is 0 Å². The van der Waals surface area contributed by atoms with Crippen molar-refractivity contribution in [1.82, 2.24) is 4.90 Å². The van der Waals surface area contributed by atoms with Crippen molar-refractivity contribution in [1.29, 1.82) is 0 Å². The van der Waals surface area contributed by atoms with Crippen LogP contribution in [0.2, 0.25) is 0 Å². The van der Waals surface area contributed by atoms with Gasteiger partial charge in [-0.25, -0.2) is 0 Å². The first kappa shape index (κ1) is 12.5. The van der Waals surface area contributed by atoms with E-state index in [4.69, 9.17) is 5.11 Å². The molecule has 0 aromatic rings. The maximum atomic E-state index is 11.8. The Morgan fingerprint density at radius 3 is 2.93 bits per heavy atom. The minimum Gasteiger partial charge on any atom is -0.396 e. The predicted octanol–water partition coefficient (Wildman–Crippen LogP) is 1.80. The highest BCUT2D eigenvalue weighted by Crippen LogP contribution is 2.19. The van der Waals surface area contributed by atoms with Crippen LogP contribution < -0.4 is 0 Å². The number of hydrogen-bond donors (Lipinski definition) is 1. The third-order valence-corrected chi connectivity index (χ3v) is 3.25. The number of unbranched alkanes of at least 4 members (excludes halogenated alkanes) is 1. The Morgan fingerprint density at radius 1 is 1.47 bits per heavy atom. The molecule has 15 heavy (non-hydrogen) atoms. The van der Waals surface area contributed by atoms with Gasteiger partial charge in [0.05, 0.1) is 0 Å². The van der Waals surface area contributed by atoms with Gasteiger partial charge in [0.15, 0.2) is 0 Å². The van der Waals surface area contributed by atoms with Gasteiger partial charge in [-0.2, -0.15) is 0 Å². The molecule has 3 heteroatoms.